The number of H-pyrrole nitrogens is 1. The fourth-order valence-corrected chi connectivity index (χ4v) is 2.71. The highest BCUT2D eigenvalue weighted by atomic mass is 15.2. The zero-order valence-corrected chi connectivity index (χ0v) is 10.5. The predicted molar refractivity (Wildman–Crippen MR) is 75.7 cm³/mol. The number of nitrogens with zero attached hydrogens (tertiary/aromatic N) is 1. The maximum absolute atomic E-state index is 4.01. The van der Waals surface area contributed by atoms with Gasteiger partial charge in [0.25, 0.3) is 0 Å². The summed E-state index contributed by atoms with van der Waals surface area (Å²) in [6.45, 7) is 8.30. The molecule has 18 heavy (non-hydrogen) atoms. The maximum Gasteiger partial charge on any atom is 0.0530 e. The zero-order valence-electron chi connectivity index (χ0n) is 10.5. The van der Waals surface area contributed by atoms with Gasteiger partial charge in [-0.3, -0.25) is 4.90 Å². The Bertz CT molecular complexity index is 537. The fraction of sp³-hybridized carbons (Fsp3) is 0.333. The second-order valence-corrected chi connectivity index (χ2v) is 4.79. The van der Waals surface area contributed by atoms with Crippen LogP contribution in [0.1, 0.15) is 11.6 Å². The standard InChI is InChI=1S/C15H19N3/c1-2-15(18-9-7-16-8-10-18)13-4-3-12-5-6-17-14(12)11-13/h2-6,11,15-17H,1,7-10H2/t15-/m0/s1. The predicted octanol–water partition coefficient (Wildman–Crippen LogP) is 2.30. The molecule has 0 spiro atoms. The van der Waals surface area contributed by atoms with Crippen LogP contribution in [0.25, 0.3) is 10.9 Å². The molecule has 94 valence electrons. The van der Waals surface area contributed by atoms with Crippen molar-refractivity contribution in [3.63, 3.8) is 0 Å². The van der Waals surface area contributed by atoms with E-state index in [0.29, 0.717) is 6.04 Å². The lowest BCUT2D eigenvalue weighted by atomic mass is 10.0. The molecule has 1 saturated heterocycles. The molecular weight excluding hydrogens is 222 g/mol. The van der Waals surface area contributed by atoms with E-state index in [4.69, 9.17) is 0 Å². The van der Waals surface area contributed by atoms with Gasteiger partial charge in [-0.15, -0.1) is 6.58 Å². The molecule has 3 rings (SSSR count). The Morgan fingerprint density at radius 2 is 2.06 bits per heavy atom. The van der Waals surface area contributed by atoms with Crippen LogP contribution < -0.4 is 5.32 Å². The molecule has 3 heteroatoms. The first kappa shape index (κ1) is 11.5. The Balaban J connectivity index is 1.91. The molecule has 2 heterocycles. The molecule has 1 aromatic carbocycles. The van der Waals surface area contributed by atoms with Gasteiger partial charge in [-0.05, 0) is 23.1 Å². The third kappa shape index (κ3) is 2.07. The number of hydrogen-bond acceptors (Lipinski definition) is 2. The quantitative estimate of drug-likeness (QED) is 0.808. The summed E-state index contributed by atoms with van der Waals surface area (Å²) in [7, 11) is 0. The van der Waals surface area contributed by atoms with Crippen LogP contribution in [0.5, 0.6) is 0 Å². The van der Waals surface area contributed by atoms with Crippen LogP contribution in [-0.4, -0.2) is 36.1 Å². The van der Waals surface area contributed by atoms with Gasteiger partial charge in [0.1, 0.15) is 0 Å². The van der Waals surface area contributed by atoms with E-state index in [1.54, 1.807) is 0 Å². The van der Waals surface area contributed by atoms with Crippen molar-refractivity contribution in [2.45, 2.75) is 6.04 Å². The summed E-state index contributed by atoms with van der Waals surface area (Å²) in [5, 5.41) is 4.65. The molecule has 0 unspecified atom stereocenters. The van der Waals surface area contributed by atoms with E-state index in [9.17, 15) is 0 Å². The first-order chi connectivity index (χ1) is 8.88. The summed E-state index contributed by atoms with van der Waals surface area (Å²) < 4.78 is 0. The van der Waals surface area contributed by atoms with Gasteiger partial charge >= 0.3 is 0 Å². The van der Waals surface area contributed by atoms with E-state index in [2.05, 4.69) is 52.1 Å². The van der Waals surface area contributed by atoms with E-state index < -0.39 is 0 Å². The van der Waals surface area contributed by atoms with Crippen molar-refractivity contribution in [3.8, 4) is 0 Å². The van der Waals surface area contributed by atoms with Crippen molar-refractivity contribution < 1.29 is 0 Å². The molecular formula is C15H19N3. The molecule has 0 saturated carbocycles. The van der Waals surface area contributed by atoms with Gasteiger partial charge in [-0.25, -0.2) is 0 Å². The summed E-state index contributed by atoms with van der Waals surface area (Å²) in [6.07, 6.45) is 4.04. The molecule has 1 fully saturated rings. The Morgan fingerprint density at radius 1 is 1.22 bits per heavy atom. The number of nitrogens with one attached hydrogen (secondary N) is 2. The Hall–Kier alpha value is -1.58. The minimum absolute atomic E-state index is 0.319. The van der Waals surface area contributed by atoms with Gasteiger partial charge < -0.3 is 10.3 Å². The number of aromatic amines is 1. The van der Waals surface area contributed by atoms with Crippen LogP contribution in [0.3, 0.4) is 0 Å². The van der Waals surface area contributed by atoms with Crippen molar-refractivity contribution in [2.75, 3.05) is 26.2 Å². The van der Waals surface area contributed by atoms with Crippen molar-refractivity contribution >= 4 is 10.9 Å². The number of benzene rings is 1. The Labute approximate surface area is 107 Å². The molecule has 3 nitrogen and oxygen atoms in total. The van der Waals surface area contributed by atoms with Gasteiger partial charge in [0, 0.05) is 37.9 Å². The lowest BCUT2D eigenvalue weighted by Crippen LogP contribution is -2.44. The molecule has 0 amide bonds. The van der Waals surface area contributed by atoms with Gasteiger partial charge in [0.2, 0.25) is 0 Å². The normalized spacial score (nSPS) is 18.9. The highest BCUT2D eigenvalue weighted by Gasteiger charge is 2.19. The molecule has 2 aromatic rings. The van der Waals surface area contributed by atoms with Crippen LogP contribution in [0.4, 0.5) is 0 Å². The maximum atomic E-state index is 4.01. The lowest BCUT2D eigenvalue weighted by Gasteiger charge is -2.33. The molecule has 1 atom stereocenters. The van der Waals surface area contributed by atoms with Crippen LogP contribution >= 0.6 is 0 Å². The summed E-state index contributed by atoms with van der Waals surface area (Å²) in [5.41, 5.74) is 2.52. The lowest BCUT2D eigenvalue weighted by molar-refractivity contribution is 0.203. The molecule has 1 aromatic heterocycles. The third-order valence-electron chi connectivity index (χ3n) is 3.69. The minimum atomic E-state index is 0.319. The van der Waals surface area contributed by atoms with E-state index in [-0.39, 0.29) is 0 Å². The van der Waals surface area contributed by atoms with E-state index in [0.717, 1.165) is 26.2 Å². The summed E-state index contributed by atoms with van der Waals surface area (Å²) in [4.78, 5) is 5.76. The first-order valence-electron chi connectivity index (χ1n) is 6.53. The molecule has 0 bridgehead atoms. The number of rotatable bonds is 3. The zero-order chi connectivity index (χ0) is 12.4. The molecule has 0 radical (unpaired) electrons. The van der Waals surface area contributed by atoms with Crippen molar-refractivity contribution in [1.29, 1.82) is 0 Å². The van der Waals surface area contributed by atoms with Crippen LogP contribution in [0.2, 0.25) is 0 Å². The number of piperazine rings is 1. The highest BCUT2D eigenvalue weighted by molar-refractivity contribution is 5.80. The number of fused-ring (bicyclic) bond motifs is 1. The van der Waals surface area contributed by atoms with Gasteiger partial charge in [0.05, 0.1) is 6.04 Å². The van der Waals surface area contributed by atoms with Gasteiger partial charge in [0.15, 0.2) is 0 Å². The topological polar surface area (TPSA) is 31.1 Å². The second-order valence-electron chi connectivity index (χ2n) is 4.79. The highest BCUT2D eigenvalue weighted by Crippen LogP contribution is 2.25. The molecule has 2 N–H and O–H groups in total. The SMILES string of the molecule is C=C[C@@H](c1ccc2cc[nH]c2c1)N1CCNCC1. The van der Waals surface area contributed by atoms with E-state index in [1.807, 2.05) is 6.20 Å². The van der Waals surface area contributed by atoms with Crippen molar-refractivity contribution in [3.05, 3.63) is 48.7 Å². The Morgan fingerprint density at radius 3 is 2.83 bits per heavy atom. The summed E-state index contributed by atoms with van der Waals surface area (Å²) >= 11 is 0. The largest absolute Gasteiger partial charge is 0.361 e. The van der Waals surface area contributed by atoms with Crippen molar-refractivity contribution in [2.24, 2.45) is 0 Å². The van der Waals surface area contributed by atoms with Gasteiger partial charge in [-0.1, -0.05) is 18.2 Å². The fourth-order valence-electron chi connectivity index (χ4n) is 2.71. The average Bonchev–Trinajstić information content (AvgIpc) is 2.88. The van der Waals surface area contributed by atoms with Crippen LogP contribution in [0, 0.1) is 0 Å². The molecule has 1 aliphatic heterocycles. The van der Waals surface area contributed by atoms with Gasteiger partial charge in [-0.2, -0.15) is 0 Å². The van der Waals surface area contributed by atoms with E-state index >= 15 is 0 Å². The van der Waals surface area contributed by atoms with Crippen molar-refractivity contribution in [1.82, 2.24) is 15.2 Å². The average molecular weight is 241 g/mol. The molecule has 0 aliphatic carbocycles. The first-order valence-corrected chi connectivity index (χ1v) is 6.53. The summed E-state index contributed by atoms with van der Waals surface area (Å²) in [6, 6.07) is 9.06. The van der Waals surface area contributed by atoms with E-state index in [1.165, 1.54) is 16.5 Å². The second kappa shape index (κ2) is 4.96. The monoisotopic (exact) mass is 241 g/mol. The summed E-state index contributed by atoms with van der Waals surface area (Å²) in [5.74, 6) is 0. The van der Waals surface area contributed by atoms with Crippen LogP contribution in [0.15, 0.2) is 43.1 Å². The third-order valence-corrected chi connectivity index (χ3v) is 3.69. The number of aromatic nitrogens is 1. The van der Waals surface area contributed by atoms with Crippen LogP contribution in [-0.2, 0) is 0 Å². The number of hydrogen-bond donors (Lipinski definition) is 2. The smallest absolute Gasteiger partial charge is 0.0530 e. The minimum Gasteiger partial charge on any atom is -0.361 e. The molecule has 1 aliphatic rings. The Kier molecular flexibility index (Phi) is 3.17.